The molecule has 0 N–H and O–H groups in total. The quantitative estimate of drug-likeness (QED) is 0.0148. The molecular formula is C114H161N2O27P. The molecule has 0 amide bonds. The first-order chi connectivity index (χ1) is 69.6. The molecule has 794 valence electrons. The Morgan fingerprint density at radius 2 is 0.694 bits per heavy atom. The number of benzene rings is 6. The Kier molecular flexibility index (Phi) is 40.7. The fraction of sp³-hybridized carbons (Fsp3) is 0.658. The van der Waals surface area contributed by atoms with E-state index in [0.29, 0.717) is 171 Å². The van der Waals surface area contributed by atoms with E-state index < -0.39 is 0 Å². The second kappa shape index (κ2) is 53.7. The summed E-state index contributed by atoms with van der Waals surface area (Å²) in [5.41, 5.74) is 14.4. The van der Waals surface area contributed by atoms with E-state index in [2.05, 4.69) is 170 Å². The molecule has 21 atom stereocenters. The molecule has 6 aromatic rings. The summed E-state index contributed by atoms with van der Waals surface area (Å²) in [7, 11) is 1.08. The summed E-state index contributed by atoms with van der Waals surface area (Å²) in [6.45, 7) is 36.3. The normalized spacial score (nSPS) is 29.4. The van der Waals surface area contributed by atoms with Crippen LogP contribution in [0.5, 0.6) is 23.0 Å². The molecule has 3 saturated carbocycles. The van der Waals surface area contributed by atoms with Crippen molar-refractivity contribution in [3.63, 3.8) is 0 Å². The smallest absolute Gasteiger partial charge is 0.317 e. The van der Waals surface area contributed by atoms with Crippen molar-refractivity contribution < 1.29 is 129 Å². The topological polar surface area (TPSA) is 329 Å². The number of fused-ring (bicyclic) bond motifs is 3. The Hall–Kier alpha value is -7.56. The maximum absolute atomic E-state index is 12.0. The summed E-state index contributed by atoms with van der Waals surface area (Å²) in [4.78, 5) is 38.7. The van der Waals surface area contributed by atoms with E-state index in [9.17, 15) is 14.4 Å². The first kappa shape index (κ1) is 109. The summed E-state index contributed by atoms with van der Waals surface area (Å²) in [5.74, 6) is 3.66. The average Bonchev–Trinajstić information content (AvgIpc) is 1.77. The van der Waals surface area contributed by atoms with Crippen LogP contribution in [0.25, 0.3) is 0 Å². The number of carbonyl (C=O) groups is 3. The molecule has 16 aliphatic heterocycles. The highest BCUT2D eigenvalue weighted by Crippen LogP contribution is 2.44. The molecule has 16 heterocycles. The number of para-hydroxylation sites is 4. The summed E-state index contributed by atoms with van der Waals surface area (Å²) < 4.78 is 133. The number of anilines is 2. The number of esters is 3. The molecule has 19 fully saturated rings. The van der Waals surface area contributed by atoms with Gasteiger partial charge in [-0.1, -0.05) is 146 Å². The number of hydrogen-bond donors (Lipinski definition) is 0. The van der Waals surface area contributed by atoms with E-state index in [-0.39, 0.29) is 81.8 Å². The van der Waals surface area contributed by atoms with Crippen molar-refractivity contribution in [1.29, 1.82) is 0 Å². The lowest BCUT2D eigenvalue weighted by Gasteiger charge is -2.32. The van der Waals surface area contributed by atoms with Crippen LogP contribution in [0.2, 0.25) is 0 Å². The Balaban J connectivity index is 0.000000133. The third kappa shape index (κ3) is 36.1. The molecule has 0 radical (unpaired) electrons. The van der Waals surface area contributed by atoms with Crippen molar-refractivity contribution in [2.24, 2.45) is 29.1 Å². The van der Waals surface area contributed by atoms with Gasteiger partial charge in [-0.05, 0) is 177 Å². The van der Waals surface area contributed by atoms with Gasteiger partial charge in [0.2, 0.25) is 0 Å². The van der Waals surface area contributed by atoms with Crippen molar-refractivity contribution in [2.75, 3.05) is 208 Å². The molecular weight excluding hydrogens is 1860 g/mol. The Morgan fingerprint density at radius 1 is 0.375 bits per heavy atom. The number of rotatable bonds is 48. The minimum absolute atomic E-state index is 0. The van der Waals surface area contributed by atoms with E-state index in [1.165, 1.54) is 33.6 Å². The van der Waals surface area contributed by atoms with Gasteiger partial charge in [0, 0.05) is 70.1 Å². The first-order valence-electron chi connectivity index (χ1n) is 52.7. The number of cyclic esters (lactones) is 2. The van der Waals surface area contributed by atoms with Crippen LogP contribution < -0.4 is 28.7 Å². The van der Waals surface area contributed by atoms with Gasteiger partial charge in [-0.3, -0.25) is 14.4 Å². The van der Waals surface area contributed by atoms with Gasteiger partial charge >= 0.3 is 17.9 Å². The van der Waals surface area contributed by atoms with E-state index >= 15 is 0 Å². The zero-order valence-corrected chi connectivity index (χ0v) is 85.2. The molecule has 30 heteroatoms. The van der Waals surface area contributed by atoms with Crippen LogP contribution in [0.4, 0.5) is 11.4 Å². The van der Waals surface area contributed by atoms with Gasteiger partial charge in [-0.15, -0.1) is 8.58 Å². The Labute approximate surface area is 855 Å². The van der Waals surface area contributed by atoms with E-state index in [1.807, 2.05) is 13.8 Å². The maximum Gasteiger partial charge on any atom is 0.317 e. The van der Waals surface area contributed by atoms with E-state index in [1.54, 1.807) is 0 Å². The minimum Gasteiger partial charge on any atom is -0.490 e. The Morgan fingerprint density at radius 3 is 1.04 bits per heavy atom. The standard InChI is InChI=1S/C31H34O6.C25H30N2O4.C15H26O6.C15H18O4.C14H20O4.C8H10O3.C2H7P.C2H6.2CH4.H2/c1-20-6-3-8-22(29(20)35-17-26-14-32-26)12-24-10-5-11-25(31(24)37-19-28-16-34-28)13-23-9-4-7-21(2)30(23)36-18-27-15-33-27;1-5-20(26(10-22-14-28-22)11-23-15-29-23)6-2-18(1)9-19-3-7-21(8-4-19)27(12-24-16-30-24)13-25-17-31-25;1-2-15(9-16-3-12-6-19-12,10-17-4-13-7-20-13)11-18-5-14-8-21-14;1-2-10(4-12-6-16-12)15(19-9-14-8-18-14)11(3-1)5-13-7-17-13;15-14(9-2-4-11-13(6-9)18-11)16-7-8-1-3-10-12(5-8)17-10;9-7-5-3-1-2-4-6(5)8(10)11-7;1-3-2;1-2;;;/h3-11,26-28H,12-19H2,1-2H3;1-8,22-25H,9-17H2;12-14H,2-11H2,1H3;1-3,12-14H,4-9H2;8-13H,1-7H2;5-6H,1-4H2;3H,1-2H3;1-2H3;2*1H4;1H. The number of epoxide rings is 15. The van der Waals surface area contributed by atoms with Gasteiger partial charge in [0.1, 0.15) is 92.2 Å². The minimum atomic E-state index is -0.292. The van der Waals surface area contributed by atoms with Gasteiger partial charge < -0.3 is 123 Å². The second-order valence-electron chi connectivity index (χ2n) is 41.1. The van der Waals surface area contributed by atoms with Gasteiger partial charge in [0.15, 0.2) is 0 Å². The highest BCUT2D eigenvalue weighted by molar-refractivity contribution is 7.35. The largest absolute Gasteiger partial charge is 0.490 e. The third-order valence-electron chi connectivity index (χ3n) is 28.6. The van der Waals surface area contributed by atoms with Gasteiger partial charge in [0.05, 0.1) is 211 Å². The lowest BCUT2D eigenvalue weighted by Crippen LogP contribution is -2.38. The van der Waals surface area contributed by atoms with Crippen molar-refractivity contribution >= 4 is 37.9 Å². The number of carbonyl (C=O) groups excluding carboxylic acids is 3. The highest BCUT2D eigenvalue weighted by Gasteiger charge is 2.49. The summed E-state index contributed by atoms with van der Waals surface area (Å²) in [6, 6.07) is 43.4. The number of ether oxygens (including phenoxy) is 24. The van der Waals surface area contributed by atoms with Crippen LogP contribution >= 0.6 is 8.58 Å². The highest BCUT2D eigenvalue weighted by atomic mass is 31.1. The molecule has 19 aliphatic rings. The van der Waals surface area contributed by atoms with Gasteiger partial charge in [-0.25, -0.2) is 0 Å². The van der Waals surface area contributed by atoms with Crippen LogP contribution in [0.1, 0.15) is 163 Å². The van der Waals surface area contributed by atoms with Crippen molar-refractivity contribution in [2.45, 2.75) is 256 Å². The SMILES string of the molecule is C.C.CC.CCC(COCC1CO1)(COCC1CO1)COCC1CO1.CPC.Cc1cccc(Cc2cccc(Cc3cccc(C)c3OCC3CO3)c2OCC2CO2)c1OCC1CO1.O=C(OCC1CCC2OC2C1)C1CCC2OC2C1.O=C1OC(=O)C2CCCCC12.[HH].c1cc(CC2CO2)c(OCC2CO2)c(CC2CO2)c1.c1cc(N(CC2CO2)CC2CO2)ccc1Cc1ccc(N(CC2CO2)CC2CO2)cc1. The number of hydrogen-bond acceptors (Lipinski definition) is 29. The number of aryl methyl sites for hydroxylation is 2. The second-order valence-corrected chi connectivity index (χ2v) is 42.1. The zero-order valence-electron chi connectivity index (χ0n) is 84.2. The van der Waals surface area contributed by atoms with Gasteiger partial charge in [0.25, 0.3) is 0 Å². The lowest BCUT2D eigenvalue weighted by atomic mass is 9.81. The molecule has 144 heavy (non-hydrogen) atoms. The predicted molar refractivity (Wildman–Crippen MR) is 549 cm³/mol. The van der Waals surface area contributed by atoms with Crippen molar-refractivity contribution in [3.05, 3.63) is 177 Å². The predicted octanol–water partition coefficient (Wildman–Crippen LogP) is 15.3. The lowest BCUT2D eigenvalue weighted by molar-refractivity contribution is -0.154. The molecule has 29 nitrogen and oxygen atoms in total. The van der Waals surface area contributed by atoms with Crippen molar-refractivity contribution in [3.8, 4) is 23.0 Å². The molecule has 21 unspecified atom stereocenters. The number of nitrogens with zero attached hydrogens (tertiary/aromatic N) is 2. The monoisotopic (exact) mass is 2020 g/mol. The van der Waals surface area contributed by atoms with E-state index in [0.717, 1.165) is 267 Å². The van der Waals surface area contributed by atoms with Crippen LogP contribution in [0.15, 0.2) is 121 Å². The van der Waals surface area contributed by atoms with Crippen LogP contribution in [-0.4, -0.2) is 320 Å². The fourth-order valence-electron chi connectivity index (χ4n) is 18.8. The summed E-state index contributed by atoms with van der Waals surface area (Å²) in [5, 5.41) is 0. The van der Waals surface area contributed by atoms with E-state index in [4.69, 9.17) is 109 Å². The molecule has 0 bridgehead atoms. The zero-order chi connectivity index (χ0) is 97.7. The first-order valence-corrected chi connectivity index (χ1v) is 54.7. The molecule has 25 rings (SSSR count). The summed E-state index contributed by atoms with van der Waals surface area (Å²) in [6.07, 6.45) is 21.1. The fourth-order valence-corrected chi connectivity index (χ4v) is 18.8. The Bertz CT molecular complexity index is 4660. The van der Waals surface area contributed by atoms with Crippen molar-refractivity contribution in [1.82, 2.24) is 0 Å². The summed E-state index contributed by atoms with van der Waals surface area (Å²) >= 11 is 0. The molecule has 0 aromatic heterocycles. The molecule has 3 aliphatic carbocycles. The van der Waals surface area contributed by atoms with Gasteiger partial charge in [-0.2, -0.15) is 0 Å². The maximum atomic E-state index is 12.0. The molecule has 0 spiro atoms. The van der Waals surface area contributed by atoms with Crippen LogP contribution in [0.3, 0.4) is 0 Å². The van der Waals surface area contributed by atoms with Crippen LogP contribution in [0, 0.1) is 42.9 Å². The molecule has 16 saturated heterocycles. The third-order valence-corrected chi connectivity index (χ3v) is 28.6. The van der Waals surface area contributed by atoms with Crippen LogP contribution in [-0.2, 0) is 141 Å². The molecule has 6 aromatic carbocycles. The average molecular weight is 2020 g/mol.